The molecular weight excluding hydrogens is 402 g/mol. The van der Waals surface area contributed by atoms with Gasteiger partial charge in [-0.3, -0.25) is 9.59 Å². The molecule has 2 aromatic carbocycles. The average molecular weight is 417 g/mol. The van der Waals surface area contributed by atoms with Gasteiger partial charge >= 0.3 is 6.18 Å². The number of anilines is 1. The molecule has 2 N–H and O–H groups in total. The first-order chi connectivity index (χ1) is 14.1. The molecule has 4 rings (SSSR count). The lowest BCUT2D eigenvalue weighted by molar-refractivity contribution is -0.137. The van der Waals surface area contributed by atoms with Gasteiger partial charge in [-0.1, -0.05) is 18.2 Å². The van der Waals surface area contributed by atoms with Crippen LogP contribution >= 0.6 is 0 Å². The van der Waals surface area contributed by atoms with Crippen LogP contribution in [0.5, 0.6) is 0 Å². The molecule has 0 aliphatic carbocycles. The van der Waals surface area contributed by atoms with Crippen molar-refractivity contribution in [1.82, 2.24) is 10.6 Å². The second kappa shape index (κ2) is 6.72. The molecule has 0 aromatic heterocycles. The van der Waals surface area contributed by atoms with E-state index in [0.29, 0.717) is 5.69 Å². The summed E-state index contributed by atoms with van der Waals surface area (Å²) in [7, 11) is 3.48. The van der Waals surface area contributed by atoms with Crippen LogP contribution in [-0.4, -0.2) is 25.9 Å². The van der Waals surface area contributed by atoms with Crippen LogP contribution in [0.2, 0.25) is 0 Å². The number of carbonyl (C=O) groups is 2. The molecular formula is C21H15F4N3O2. The quantitative estimate of drug-likeness (QED) is 0.754. The van der Waals surface area contributed by atoms with Crippen LogP contribution in [-0.2, 0) is 15.8 Å². The molecule has 0 spiro atoms. The van der Waals surface area contributed by atoms with Gasteiger partial charge in [0.2, 0.25) is 0 Å². The number of hydrogen-bond donors (Lipinski definition) is 2. The first-order valence-corrected chi connectivity index (χ1v) is 8.85. The molecule has 30 heavy (non-hydrogen) atoms. The molecule has 2 aliphatic rings. The number of nitrogens with one attached hydrogen (secondary N) is 2. The van der Waals surface area contributed by atoms with Crippen molar-refractivity contribution >= 4 is 28.9 Å². The van der Waals surface area contributed by atoms with Crippen molar-refractivity contribution in [2.45, 2.75) is 6.18 Å². The van der Waals surface area contributed by atoms with Crippen molar-refractivity contribution in [3.63, 3.8) is 0 Å². The van der Waals surface area contributed by atoms with E-state index in [9.17, 15) is 27.2 Å². The predicted octanol–water partition coefficient (Wildman–Crippen LogP) is 3.29. The summed E-state index contributed by atoms with van der Waals surface area (Å²) < 4.78 is 54.9. The lowest BCUT2D eigenvalue weighted by atomic mass is 9.98. The summed E-state index contributed by atoms with van der Waals surface area (Å²) >= 11 is 0. The van der Waals surface area contributed by atoms with Gasteiger partial charge in [0.25, 0.3) is 11.8 Å². The molecule has 0 radical (unpaired) electrons. The van der Waals surface area contributed by atoms with Gasteiger partial charge in [-0.2, -0.15) is 13.2 Å². The summed E-state index contributed by atoms with van der Waals surface area (Å²) in [6.07, 6.45) is -4.69. The highest BCUT2D eigenvalue weighted by molar-refractivity contribution is 6.30. The van der Waals surface area contributed by atoms with Crippen molar-refractivity contribution < 1.29 is 27.2 Å². The van der Waals surface area contributed by atoms with E-state index in [1.54, 1.807) is 19.0 Å². The van der Waals surface area contributed by atoms with Gasteiger partial charge in [0, 0.05) is 30.9 Å². The Bertz CT molecular complexity index is 1160. The van der Waals surface area contributed by atoms with Crippen LogP contribution in [0.1, 0.15) is 16.7 Å². The van der Waals surface area contributed by atoms with Crippen molar-refractivity contribution in [2.24, 2.45) is 0 Å². The SMILES string of the molecule is CN(C)c1ccc(F)c(C2=C3C(=O)NC(c4ccccc4C(F)(F)F)=C3C(=O)N2)c1. The number of benzene rings is 2. The van der Waals surface area contributed by atoms with Gasteiger partial charge in [0.15, 0.2) is 0 Å². The van der Waals surface area contributed by atoms with Gasteiger partial charge in [-0.25, -0.2) is 4.39 Å². The molecule has 9 heteroatoms. The van der Waals surface area contributed by atoms with Gasteiger partial charge in [-0.05, 0) is 24.3 Å². The van der Waals surface area contributed by atoms with Crippen LogP contribution in [0.4, 0.5) is 23.2 Å². The largest absolute Gasteiger partial charge is 0.417 e. The Labute approximate surface area is 168 Å². The zero-order valence-electron chi connectivity index (χ0n) is 15.8. The number of alkyl halides is 3. The van der Waals surface area contributed by atoms with Crippen LogP contribution in [0.25, 0.3) is 11.4 Å². The first kappa shape index (κ1) is 19.7. The fourth-order valence-corrected chi connectivity index (χ4v) is 3.52. The molecule has 2 heterocycles. The van der Waals surface area contributed by atoms with E-state index in [1.165, 1.54) is 36.4 Å². The van der Waals surface area contributed by atoms with Gasteiger partial charge in [-0.15, -0.1) is 0 Å². The highest BCUT2D eigenvalue weighted by atomic mass is 19.4. The highest BCUT2D eigenvalue weighted by Crippen LogP contribution is 2.42. The lowest BCUT2D eigenvalue weighted by Crippen LogP contribution is -2.23. The minimum Gasteiger partial charge on any atom is -0.378 e. The number of rotatable bonds is 3. The Morgan fingerprint density at radius 1 is 0.833 bits per heavy atom. The summed E-state index contributed by atoms with van der Waals surface area (Å²) in [5, 5.41) is 4.81. The Morgan fingerprint density at radius 3 is 1.97 bits per heavy atom. The van der Waals surface area contributed by atoms with E-state index in [4.69, 9.17) is 0 Å². The topological polar surface area (TPSA) is 61.4 Å². The van der Waals surface area contributed by atoms with Crippen molar-refractivity contribution in [3.05, 3.63) is 76.1 Å². The standard InChI is InChI=1S/C21H15F4N3O2/c1-28(2)10-7-8-14(22)12(9-10)18-16-15(19(29)27-18)17(26-20(16)30)11-5-3-4-6-13(11)21(23,24)25/h3-9H,1-2H3,(H,26,30)(H,27,29). The minimum atomic E-state index is -4.69. The molecule has 0 saturated carbocycles. The normalized spacial score (nSPS) is 16.1. The van der Waals surface area contributed by atoms with Crippen LogP contribution in [0.3, 0.4) is 0 Å². The molecule has 2 aromatic rings. The maximum Gasteiger partial charge on any atom is 0.417 e. The molecule has 0 fully saturated rings. The Kier molecular flexibility index (Phi) is 4.41. The summed E-state index contributed by atoms with van der Waals surface area (Å²) in [6, 6.07) is 8.80. The van der Waals surface area contributed by atoms with Crippen molar-refractivity contribution in [3.8, 4) is 0 Å². The third-order valence-electron chi connectivity index (χ3n) is 4.92. The van der Waals surface area contributed by atoms with Crippen molar-refractivity contribution in [1.29, 1.82) is 0 Å². The second-order valence-electron chi connectivity index (χ2n) is 7.01. The molecule has 154 valence electrons. The number of halogens is 4. The third kappa shape index (κ3) is 3.02. The fraction of sp³-hybridized carbons (Fsp3) is 0.143. The Balaban J connectivity index is 1.95. The molecule has 0 bridgehead atoms. The van der Waals surface area contributed by atoms with Crippen molar-refractivity contribution in [2.75, 3.05) is 19.0 Å². The maximum absolute atomic E-state index is 14.5. The van der Waals surface area contributed by atoms with Crippen LogP contribution in [0.15, 0.2) is 53.6 Å². The zero-order valence-corrected chi connectivity index (χ0v) is 15.8. The number of nitrogens with zero attached hydrogens (tertiary/aromatic N) is 1. The zero-order chi connectivity index (χ0) is 21.8. The minimum absolute atomic E-state index is 0.0277. The van der Waals surface area contributed by atoms with E-state index in [2.05, 4.69) is 10.6 Å². The molecule has 0 atom stereocenters. The highest BCUT2D eigenvalue weighted by Gasteiger charge is 2.44. The smallest absolute Gasteiger partial charge is 0.378 e. The molecule has 5 nitrogen and oxygen atoms in total. The Morgan fingerprint density at radius 2 is 1.40 bits per heavy atom. The molecule has 0 saturated heterocycles. The summed E-state index contributed by atoms with van der Waals surface area (Å²) in [6.45, 7) is 0. The van der Waals surface area contributed by atoms with E-state index in [-0.39, 0.29) is 33.7 Å². The lowest BCUT2D eigenvalue weighted by Gasteiger charge is -2.15. The number of amides is 2. The second-order valence-corrected chi connectivity index (χ2v) is 7.01. The summed E-state index contributed by atoms with van der Waals surface area (Å²) in [5.74, 6) is -2.23. The Hall–Kier alpha value is -3.62. The molecule has 0 unspecified atom stereocenters. The average Bonchev–Trinajstić information content (AvgIpc) is 3.20. The third-order valence-corrected chi connectivity index (χ3v) is 4.92. The van der Waals surface area contributed by atoms with Gasteiger partial charge in [0.05, 0.1) is 28.1 Å². The number of fused-ring (bicyclic) bond motifs is 1. The van der Waals surface area contributed by atoms with Crippen LogP contribution < -0.4 is 15.5 Å². The molecule has 2 aliphatic heterocycles. The number of carbonyl (C=O) groups excluding carboxylic acids is 2. The van der Waals surface area contributed by atoms with E-state index < -0.39 is 29.4 Å². The number of hydrogen-bond acceptors (Lipinski definition) is 3. The van der Waals surface area contributed by atoms with E-state index in [1.807, 2.05) is 0 Å². The van der Waals surface area contributed by atoms with Gasteiger partial charge in [0.1, 0.15) is 5.82 Å². The maximum atomic E-state index is 14.5. The summed E-state index contributed by atoms with van der Waals surface area (Å²) in [4.78, 5) is 27.0. The predicted molar refractivity (Wildman–Crippen MR) is 102 cm³/mol. The first-order valence-electron chi connectivity index (χ1n) is 8.85. The van der Waals surface area contributed by atoms with E-state index >= 15 is 0 Å². The fourth-order valence-electron chi connectivity index (χ4n) is 3.52. The van der Waals surface area contributed by atoms with E-state index in [0.717, 1.165) is 6.07 Å². The molecule has 2 amide bonds. The van der Waals surface area contributed by atoms with Crippen LogP contribution in [0, 0.1) is 5.82 Å². The summed E-state index contributed by atoms with van der Waals surface area (Å²) in [5.41, 5.74) is -1.47. The van der Waals surface area contributed by atoms with Gasteiger partial charge < -0.3 is 15.5 Å². The monoisotopic (exact) mass is 417 g/mol.